The Labute approximate surface area is 117 Å². The van der Waals surface area contributed by atoms with E-state index in [1.807, 2.05) is 0 Å². The van der Waals surface area contributed by atoms with Crippen molar-refractivity contribution in [3.05, 3.63) is 39.4 Å². The molecule has 0 bridgehead atoms. The molecule has 0 radical (unpaired) electrons. The molecule has 0 fully saturated rings. The maximum absolute atomic E-state index is 13.7. The van der Waals surface area contributed by atoms with Crippen LogP contribution in [0.25, 0.3) is 0 Å². The molecular weight excluding hydrogens is 290 g/mol. The summed E-state index contributed by atoms with van der Waals surface area (Å²) in [6.45, 7) is 0.189. The van der Waals surface area contributed by atoms with Crippen LogP contribution in [-0.2, 0) is 0 Å². The van der Waals surface area contributed by atoms with Crippen LogP contribution in [0.3, 0.4) is 0 Å². The molecule has 0 saturated heterocycles. The van der Waals surface area contributed by atoms with Gasteiger partial charge in [0, 0.05) is 12.3 Å². The number of terminal acetylenes is 1. The quantitative estimate of drug-likeness (QED) is 0.377. The van der Waals surface area contributed by atoms with E-state index >= 15 is 0 Å². The number of halogens is 2. The van der Waals surface area contributed by atoms with Crippen LogP contribution in [0.15, 0.2) is 12.1 Å². The number of nitrogens with one attached hydrogen (secondary N) is 1. The Bertz CT molecular complexity index is 573. The van der Waals surface area contributed by atoms with Gasteiger partial charge in [0.2, 0.25) is 5.82 Å². The summed E-state index contributed by atoms with van der Waals surface area (Å²) in [5, 5.41) is 12.9. The van der Waals surface area contributed by atoms with Crippen molar-refractivity contribution in [1.29, 1.82) is 0 Å². The van der Waals surface area contributed by atoms with Gasteiger partial charge in [0.15, 0.2) is 0 Å². The van der Waals surface area contributed by atoms with E-state index in [0.717, 1.165) is 0 Å². The first-order chi connectivity index (χ1) is 9.47. The van der Waals surface area contributed by atoms with E-state index < -0.39 is 33.7 Å². The lowest BCUT2D eigenvalue weighted by Crippen LogP contribution is -2.27. The molecule has 1 rings (SSSR count). The van der Waals surface area contributed by atoms with Crippen molar-refractivity contribution in [1.82, 2.24) is 5.32 Å². The number of nitro benzene ring substituents is 1. The maximum atomic E-state index is 13.7. The predicted molar refractivity (Wildman–Crippen MR) is 71.5 cm³/mol. The second-order valence-corrected chi connectivity index (χ2v) is 4.66. The van der Waals surface area contributed by atoms with E-state index in [1.165, 1.54) is 11.8 Å². The molecule has 5 nitrogen and oxygen atoms in total. The molecule has 1 aromatic rings. The third-order valence-corrected chi connectivity index (χ3v) is 3.04. The number of hydrogen-bond donors (Lipinski definition) is 1. The number of thioether (sulfide) groups is 1. The molecule has 20 heavy (non-hydrogen) atoms. The highest BCUT2D eigenvalue weighted by Gasteiger charge is 2.23. The number of amides is 1. The molecule has 0 aliphatic rings. The van der Waals surface area contributed by atoms with Gasteiger partial charge in [-0.3, -0.25) is 14.9 Å². The fourth-order valence-electron chi connectivity index (χ4n) is 1.34. The normalized spacial score (nSPS) is 9.85. The minimum Gasteiger partial charge on any atom is -0.351 e. The van der Waals surface area contributed by atoms with Gasteiger partial charge in [0.1, 0.15) is 5.82 Å². The predicted octanol–water partition coefficient (Wildman–Crippen LogP) is 1.97. The number of hydrogen-bond acceptors (Lipinski definition) is 4. The Balaban J connectivity index is 2.78. The van der Waals surface area contributed by atoms with Gasteiger partial charge in [0.25, 0.3) is 5.91 Å². The van der Waals surface area contributed by atoms with Gasteiger partial charge < -0.3 is 5.32 Å². The van der Waals surface area contributed by atoms with Crippen molar-refractivity contribution in [3.63, 3.8) is 0 Å². The molecular formula is C12H10F2N2O3S. The third-order valence-electron chi connectivity index (χ3n) is 2.18. The molecule has 0 spiro atoms. The summed E-state index contributed by atoms with van der Waals surface area (Å²) >= 11 is 1.38. The average molecular weight is 300 g/mol. The topological polar surface area (TPSA) is 72.2 Å². The zero-order valence-electron chi connectivity index (χ0n) is 10.2. The van der Waals surface area contributed by atoms with Crippen LogP contribution in [0.5, 0.6) is 0 Å². The van der Waals surface area contributed by atoms with Gasteiger partial charge in [-0.1, -0.05) is 5.92 Å². The third kappa shape index (κ3) is 4.20. The van der Waals surface area contributed by atoms with Crippen LogP contribution < -0.4 is 5.32 Å². The molecule has 0 aliphatic heterocycles. The van der Waals surface area contributed by atoms with Gasteiger partial charge in [0.05, 0.1) is 22.3 Å². The summed E-state index contributed by atoms with van der Waals surface area (Å²) in [5.74, 6) is 0.0346. The fraction of sp³-hybridized carbons (Fsp3) is 0.250. The van der Waals surface area contributed by atoms with E-state index in [-0.39, 0.29) is 6.54 Å². The number of rotatable bonds is 6. The summed E-state index contributed by atoms with van der Waals surface area (Å²) in [5.41, 5.74) is -1.77. The van der Waals surface area contributed by atoms with E-state index in [1.54, 1.807) is 0 Å². The lowest BCUT2D eigenvalue weighted by Gasteiger charge is -2.06. The highest BCUT2D eigenvalue weighted by atomic mass is 32.2. The van der Waals surface area contributed by atoms with E-state index in [9.17, 15) is 23.7 Å². The van der Waals surface area contributed by atoms with Crippen molar-refractivity contribution in [3.8, 4) is 12.3 Å². The molecule has 0 saturated carbocycles. The Kier molecular flexibility index (Phi) is 5.93. The number of benzene rings is 1. The highest BCUT2D eigenvalue weighted by Crippen LogP contribution is 2.22. The van der Waals surface area contributed by atoms with Crippen molar-refractivity contribution >= 4 is 23.4 Å². The first-order valence-electron chi connectivity index (χ1n) is 5.40. The van der Waals surface area contributed by atoms with Gasteiger partial charge in [-0.05, 0) is 6.07 Å². The van der Waals surface area contributed by atoms with E-state index in [4.69, 9.17) is 6.42 Å². The van der Waals surface area contributed by atoms with Crippen LogP contribution in [0.4, 0.5) is 14.5 Å². The molecule has 1 amide bonds. The van der Waals surface area contributed by atoms with Gasteiger partial charge in [-0.2, -0.15) is 4.39 Å². The Hall–Kier alpha value is -2.14. The maximum Gasteiger partial charge on any atom is 0.308 e. The van der Waals surface area contributed by atoms with E-state index in [0.29, 0.717) is 23.6 Å². The molecule has 0 atom stereocenters. The molecule has 0 aliphatic carbocycles. The van der Waals surface area contributed by atoms with Gasteiger partial charge >= 0.3 is 5.69 Å². The average Bonchev–Trinajstić information content (AvgIpc) is 2.40. The van der Waals surface area contributed by atoms with Crippen molar-refractivity contribution in [2.75, 3.05) is 18.1 Å². The van der Waals surface area contributed by atoms with Crippen LogP contribution in [0.1, 0.15) is 10.4 Å². The monoisotopic (exact) mass is 300 g/mol. The lowest BCUT2D eigenvalue weighted by molar-refractivity contribution is -0.387. The summed E-state index contributed by atoms with van der Waals surface area (Å²) in [6.07, 6.45) is 5.03. The minimum absolute atomic E-state index is 0.189. The Morgan fingerprint density at radius 1 is 1.50 bits per heavy atom. The second-order valence-electron chi connectivity index (χ2n) is 3.56. The SMILES string of the molecule is C#CCSCCNC(=O)c1cc(F)cc([N+](=O)[O-])c1F. The molecule has 8 heteroatoms. The first-order valence-corrected chi connectivity index (χ1v) is 6.55. The zero-order chi connectivity index (χ0) is 15.1. The summed E-state index contributed by atoms with van der Waals surface area (Å²) in [6, 6.07) is 1.04. The van der Waals surface area contributed by atoms with Crippen LogP contribution in [-0.4, -0.2) is 28.9 Å². The molecule has 0 heterocycles. The largest absolute Gasteiger partial charge is 0.351 e. The van der Waals surface area contributed by atoms with Gasteiger partial charge in [-0.15, -0.1) is 18.2 Å². The number of carbonyl (C=O) groups excluding carboxylic acids is 1. The number of carbonyl (C=O) groups is 1. The number of nitrogens with zero attached hydrogens (tertiary/aromatic N) is 1. The van der Waals surface area contributed by atoms with Crippen LogP contribution >= 0.6 is 11.8 Å². The smallest absolute Gasteiger partial charge is 0.308 e. The molecule has 1 N–H and O–H groups in total. The van der Waals surface area contributed by atoms with Crippen LogP contribution in [0.2, 0.25) is 0 Å². The molecule has 106 valence electrons. The molecule has 0 aromatic heterocycles. The summed E-state index contributed by atoms with van der Waals surface area (Å²) < 4.78 is 26.8. The fourth-order valence-corrected chi connectivity index (χ4v) is 1.84. The Morgan fingerprint density at radius 3 is 2.80 bits per heavy atom. The van der Waals surface area contributed by atoms with Crippen molar-refractivity contribution in [2.24, 2.45) is 0 Å². The first kappa shape index (κ1) is 15.9. The molecule has 0 unspecified atom stereocenters. The molecule has 1 aromatic carbocycles. The highest BCUT2D eigenvalue weighted by molar-refractivity contribution is 7.99. The minimum atomic E-state index is -1.36. The zero-order valence-corrected chi connectivity index (χ0v) is 11.0. The van der Waals surface area contributed by atoms with Gasteiger partial charge in [-0.25, -0.2) is 4.39 Å². The van der Waals surface area contributed by atoms with Crippen LogP contribution in [0, 0.1) is 34.1 Å². The van der Waals surface area contributed by atoms with Crippen molar-refractivity contribution < 1.29 is 18.5 Å². The number of nitro groups is 1. The lowest BCUT2D eigenvalue weighted by atomic mass is 10.1. The summed E-state index contributed by atoms with van der Waals surface area (Å²) in [7, 11) is 0. The Morgan fingerprint density at radius 2 is 2.20 bits per heavy atom. The standard InChI is InChI=1S/C12H10F2N2O3S/c1-2-4-20-5-3-15-12(17)9-6-8(13)7-10(11(9)14)16(18)19/h1,6-7H,3-5H2,(H,15,17). The second kappa shape index (κ2) is 7.45. The summed E-state index contributed by atoms with van der Waals surface area (Å²) in [4.78, 5) is 21.1. The van der Waals surface area contributed by atoms with Crippen molar-refractivity contribution in [2.45, 2.75) is 0 Å². The van der Waals surface area contributed by atoms with E-state index in [2.05, 4.69) is 11.2 Å².